The van der Waals surface area contributed by atoms with E-state index in [0.29, 0.717) is 49.0 Å². The Morgan fingerprint density at radius 3 is 2.64 bits per heavy atom. The smallest absolute Gasteiger partial charge is 0.259 e. The van der Waals surface area contributed by atoms with Crippen LogP contribution in [-0.2, 0) is 0 Å². The Hall–Kier alpha value is -3.09. The number of methoxy groups -OCH3 is 1. The second-order valence-corrected chi connectivity index (χ2v) is 8.62. The zero-order valence-electron chi connectivity index (χ0n) is 20.1. The minimum atomic E-state index is -0.173. The normalized spacial score (nSPS) is 18.0. The topological polar surface area (TPSA) is 72.0 Å². The number of pyridine rings is 1. The summed E-state index contributed by atoms with van der Waals surface area (Å²) in [5.74, 6) is 0.899. The van der Waals surface area contributed by atoms with E-state index < -0.39 is 0 Å². The summed E-state index contributed by atoms with van der Waals surface area (Å²) in [6.45, 7) is 8.39. The number of nitrogens with zero attached hydrogens (tertiary/aromatic N) is 3. The van der Waals surface area contributed by atoms with E-state index in [1.807, 2.05) is 41.0 Å². The van der Waals surface area contributed by atoms with Gasteiger partial charge < -0.3 is 19.3 Å². The van der Waals surface area contributed by atoms with Gasteiger partial charge in [-0.1, -0.05) is 26.0 Å². The van der Waals surface area contributed by atoms with Gasteiger partial charge in [0.25, 0.3) is 11.8 Å². The van der Waals surface area contributed by atoms with Gasteiger partial charge in [0.2, 0.25) is 5.88 Å². The number of aromatic nitrogens is 1. The zero-order chi connectivity index (χ0) is 23.8. The lowest BCUT2D eigenvalue weighted by atomic mass is 10.0. The molecule has 0 radical (unpaired) electrons. The van der Waals surface area contributed by atoms with Crippen LogP contribution in [0.15, 0.2) is 42.6 Å². The molecule has 0 aliphatic carbocycles. The molecule has 7 nitrogen and oxygen atoms in total. The van der Waals surface area contributed by atoms with Crippen LogP contribution in [0.2, 0.25) is 0 Å². The van der Waals surface area contributed by atoms with E-state index in [1.165, 1.54) is 7.11 Å². The average molecular weight is 454 g/mol. The molecule has 2 heterocycles. The van der Waals surface area contributed by atoms with E-state index in [9.17, 15) is 9.59 Å². The number of hydrogen-bond donors (Lipinski definition) is 0. The molecule has 3 rings (SSSR count). The lowest BCUT2D eigenvalue weighted by molar-refractivity contribution is 0.0524. The molecule has 1 aromatic carbocycles. The molecule has 1 aliphatic heterocycles. The fourth-order valence-electron chi connectivity index (χ4n) is 4.21. The molecule has 0 saturated heterocycles. The number of carbonyl (C=O) groups excluding carboxylic acids is 2. The van der Waals surface area contributed by atoms with E-state index in [4.69, 9.17) is 9.47 Å². The maximum Gasteiger partial charge on any atom is 0.259 e. The molecule has 0 saturated carbocycles. The molecule has 2 amide bonds. The van der Waals surface area contributed by atoms with E-state index >= 15 is 0 Å². The average Bonchev–Trinajstić information content (AvgIpc) is 2.84. The lowest BCUT2D eigenvalue weighted by Gasteiger charge is -2.35. The van der Waals surface area contributed by atoms with E-state index in [1.54, 1.807) is 18.3 Å². The van der Waals surface area contributed by atoms with Crippen molar-refractivity contribution < 1.29 is 19.1 Å². The standard InChI is InChI=1S/C26H35N3O4/c1-5-28-16-9-6-10-17-29(26(31)21-13-11-15-27-24(21)32-4)22(19(2)3)18-33-23-14-8-7-12-20(23)25(28)30/h7-8,11-15,19,22H,5-6,9-10,16-18H2,1-4H3/t22-/m1/s1. The zero-order valence-corrected chi connectivity index (χ0v) is 20.1. The summed E-state index contributed by atoms with van der Waals surface area (Å²) in [6, 6.07) is 10.7. The van der Waals surface area contributed by atoms with Crippen LogP contribution in [0.25, 0.3) is 0 Å². The van der Waals surface area contributed by atoms with Crippen molar-refractivity contribution in [3.8, 4) is 11.6 Å². The van der Waals surface area contributed by atoms with Gasteiger partial charge in [-0.05, 0) is 56.4 Å². The summed E-state index contributed by atoms with van der Waals surface area (Å²) in [5.41, 5.74) is 1.01. The van der Waals surface area contributed by atoms with Crippen molar-refractivity contribution in [1.29, 1.82) is 0 Å². The number of benzene rings is 1. The molecule has 0 unspecified atom stereocenters. The van der Waals surface area contributed by atoms with Gasteiger partial charge in [0.1, 0.15) is 17.9 Å². The molecule has 178 valence electrons. The van der Waals surface area contributed by atoms with Gasteiger partial charge in [-0.2, -0.15) is 0 Å². The quantitative estimate of drug-likeness (QED) is 0.691. The van der Waals surface area contributed by atoms with Crippen LogP contribution in [0.5, 0.6) is 11.6 Å². The van der Waals surface area contributed by atoms with Crippen molar-refractivity contribution in [3.05, 3.63) is 53.7 Å². The Labute approximate surface area is 196 Å². The monoisotopic (exact) mass is 453 g/mol. The fourth-order valence-corrected chi connectivity index (χ4v) is 4.21. The molecule has 1 atom stereocenters. The Kier molecular flexibility index (Phi) is 8.69. The fraction of sp³-hybridized carbons (Fsp3) is 0.500. The van der Waals surface area contributed by atoms with Crippen LogP contribution in [-0.4, -0.2) is 66.0 Å². The predicted octanol–water partition coefficient (Wildman–Crippen LogP) is 4.28. The first-order valence-electron chi connectivity index (χ1n) is 11.8. The second kappa shape index (κ2) is 11.7. The van der Waals surface area contributed by atoms with Crippen molar-refractivity contribution in [2.24, 2.45) is 5.92 Å². The first-order chi connectivity index (χ1) is 16.0. The van der Waals surface area contributed by atoms with Crippen LogP contribution < -0.4 is 9.47 Å². The molecule has 1 aliphatic rings. The minimum Gasteiger partial charge on any atom is -0.491 e. The van der Waals surface area contributed by atoms with Crippen molar-refractivity contribution >= 4 is 11.8 Å². The molecule has 0 N–H and O–H groups in total. The van der Waals surface area contributed by atoms with E-state index in [0.717, 1.165) is 19.3 Å². The van der Waals surface area contributed by atoms with Gasteiger partial charge in [0.05, 0.1) is 18.7 Å². The third-order valence-corrected chi connectivity index (χ3v) is 6.15. The van der Waals surface area contributed by atoms with Gasteiger partial charge >= 0.3 is 0 Å². The number of rotatable bonds is 4. The summed E-state index contributed by atoms with van der Waals surface area (Å²) in [7, 11) is 1.52. The molecule has 0 fully saturated rings. The third-order valence-electron chi connectivity index (χ3n) is 6.15. The number of hydrogen-bond acceptors (Lipinski definition) is 5. The van der Waals surface area contributed by atoms with Crippen molar-refractivity contribution in [1.82, 2.24) is 14.8 Å². The van der Waals surface area contributed by atoms with Gasteiger partial charge in [0.15, 0.2) is 0 Å². The Morgan fingerprint density at radius 1 is 1.15 bits per heavy atom. The van der Waals surface area contributed by atoms with Crippen LogP contribution in [0.4, 0.5) is 0 Å². The number of fused-ring (bicyclic) bond motifs is 1. The number of amides is 2. The van der Waals surface area contributed by atoms with Crippen LogP contribution >= 0.6 is 0 Å². The third kappa shape index (κ3) is 5.83. The van der Waals surface area contributed by atoms with Crippen LogP contribution in [0.1, 0.15) is 60.7 Å². The number of ether oxygens (including phenoxy) is 2. The summed E-state index contributed by atoms with van der Waals surface area (Å²) in [4.78, 5) is 34.8. The summed E-state index contributed by atoms with van der Waals surface area (Å²) < 4.78 is 11.6. The van der Waals surface area contributed by atoms with Crippen molar-refractivity contribution in [3.63, 3.8) is 0 Å². The van der Waals surface area contributed by atoms with Crippen LogP contribution in [0, 0.1) is 5.92 Å². The molecule has 33 heavy (non-hydrogen) atoms. The van der Waals surface area contributed by atoms with Gasteiger partial charge in [-0.25, -0.2) is 4.98 Å². The van der Waals surface area contributed by atoms with Gasteiger partial charge in [0, 0.05) is 25.8 Å². The van der Waals surface area contributed by atoms with E-state index in [-0.39, 0.29) is 23.8 Å². The molecule has 1 aromatic heterocycles. The molecule has 0 bridgehead atoms. The first-order valence-corrected chi connectivity index (χ1v) is 11.8. The maximum absolute atomic E-state index is 13.7. The molecule has 0 spiro atoms. The Morgan fingerprint density at radius 2 is 1.91 bits per heavy atom. The highest BCUT2D eigenvalue weighted by molar-refractivity contribution is 5.97. The van der Waals surface area contributed by atoms with Gasteiger partial charge in [-0.3, -0.25) is 9.59 Å². The Balaban J connectivity index is 1.96. The number of carbonyl (C=O) groups is 2. The summed E-state index contributed by atoms with van der Waals surface area (Å²) in [6.07, 6.45) is 4.26. The van der Waals surface area contributed by atoms with Gasteiger partial charge in [-0.15, -0.1) is 0 Å². The summed E-state index contributed by atoms with van der Waals surface area (Å²) >= 11 is 0. The highest BCUT2D eigenvalue weighted by Crippen LogP contribution is 2.25. The molecular weight excluding hydrogens is 418 g/mol. The Bertz CT molecular complexity index is 947. The summed E-state index contributed by atoms with van der Waals surface area (Å²) in [5, 5.41) is 0. The number of para-hydroxylation sites is 1. The van der Waals surface area contributed by atoms with Crippen molar-refractivity contribution in [2.45, 2.75) is 46.1 Å². The van der Waals surface area contributed by atoms with Crippen molar-refractivity contribution in [2.75, 3.05) is 33.4 Å². The first kappa shape index (κ1) is 24.6. The largest absolute Gasteiger partial charge is 0.491 e. The second-order valence-electron chi connectivity index (χ2n) is 8.62. The lowest BCUT2D eigenvalue weighted by Crippen LogP contribution is -2.47. The highest BCUT2D eigenvalue weighted by atomic mass is 16.5. The SMILES string of the molecule is CCN1CCCCCN(C(=O)c2cccnc2OC)[C@@H](C(C)C)COc2ccccc2C1=O. The maximum atomic E-state index is 13.7. The molecule has 2 aromatic rings. The minimum absolute atomic E-state index is 0.0125. The highest BCUT2D eigenvalue weighted by Gasteiger charge is 2.30. The van der Waals surface area contributed by atoms with E-state index in [2.05, 4.69) is 18.8 Å². The molecule has 7 heteroatoms. The van der Waals surface area contributed by atoms with Crippen LogP contribution in [0.3, 0.4) is 0 Å². The predicted molar refractivity (Wildman–Crippen MR) is 128 cm³/mol. The molecular formula is C26H35N3O4.